The van der Waals surface area contributed by atoms with E-state index in [1.165, 1.54) is 0 Å². The molecule has 0 radical (unpaired) electrons. The molecule has 0 saturated carbocycles. The Balaban J connectivity index is 0.000000337. The SMILES string of the molecule is Oc1ccc(I)cc1.Oc1ccc(I)cc1.[Zr+2].c1cc[cH-]c1.c1cc[cH-]c1. The van der Waals surface area contributed by atoms with Crippen molar-refractivity contribution in [1.82, 2.24) is 0 Å². The van der Waals surface area contributed by atoms with Gasteiger partial charge < -0.3 is 10.2 Å². The number of rotatable bonds is 0. The summed E-state index contributed by atoms with van der Waals surface area (Å²) in [7, 11) is 0. The van der Waals surface area contributed by atoms with E-state index in [1.54, 1.807) is 24.3 Å². The second kappa shape index (κ2) is 17.2. The summed E-state index contributed by atoms with van der Waals surface area (Å²) in [4.78, 5) is 0. The monoisotopic (exact) mass is 660 g/mol. The number of hydrogen-bond acceptors (Lipinski definition) is 2. The van der Waals surface area contributed by atoms with Crippen LogP contribution in [0.1, 0.15) is 0 Å². The molecule has 0 spiro atoms. The van der Waals surface area contributed by atoms with E-state index in [-0.39, 0.29) is 26.2 Å². The summed E-state index contributed by atoms with van der Waals surface area (Å²) in [5.74, 6) is 0.649. The van der Waals surface area contributed by atoms with Gasteiger partial charge in [-0.15, -0.1) is 0 Å². The molecule has 0 aliphatic heterocycles. The Morgan fingerprint density at radius 1 is 0.519 bits per heavy atom. The second-order valence-corrected chi connectivity index (χ2v) is 7.37. The number of halogens is 2. The Morgan fingerprint density at radius 3 is 0.926 bits per heavy atom. The van der Waals surface area contributed by atoms with Gasteiger partial charge in [0, 0.05) is 7.14 Å². The van der Waals surface area contributed by atoms with Gasteiger partial charge in [-0.05, 0) is 93.7 Å². The first kappa shape index (κ1) is 26.1. The molecule has 2 N–H and O–H groups in total. The molecule has 2 nitrogen and oxygen atoms in total. The van der Waals surface area contributed by atoms with Crippen molar-refractivity contribution in [3.8, 4) is 11.5 Å². The minimum Gasteiger partial charge on any atom is -0.508 e. The molecule has 4 aromatic rings. The molecule has 0 amide bonds. The molecule has 4 aromatic carbocycles. The molecule has 4 rings (SSSR count). The Hall–Kier alpha value is -0.917. The van der Waals surface area contributed by atoms with Crippen molar-refractivity contribution in [2.24, 2.45) is 0 Å². The fourth-order valence-electron chi connectivity index (χ4n) is 1.52. The van der Waals surface area contributed by atoms with Crippen molar-refractivity contribution in [3.05, 3.63) is 116 Å². The molecule has 27 heavy (non-hydrogen) atoms. The molecule has 0 aliphatic rings. The first-order chi connectivity index (χ1) is 12.6. The van der Waals surface area contributed by atoms with E-state index in [9.17, 15) is 0 Å². The summed E-state index contributed by atoms with van der Waals surface area (Å²) < 4.78 is 2.28. The summed E-state index contributed by atoms with van der Waals surface area (Å²) in [6.45, 7) is 0. The molecule has 0 heterocycles. The molecule has 0 aromatic heterocycles. The largest absolute Gasteiger partial charge is 2.00 e. The van der Waals surface area contributed by atoms with E-state index in [1.807, 2.05) is 84.9 Å². The van der Waals surface area contributed by atoms with Gasteiger partial charge in [0.1, 0.15) is 11.5 Å². The summed E-state index contributed by atoms with van der Waals surface area (Å²) in [5.41, 5.74) is 0. The van der Waals surface area contributed by atoms with Crippen molar-refractivity contribution in [1.29, 1.82) is 0 Å². The average molecular weight is 661 g/mol. The number of phenols is 2. The third-order valence-corrected chi connectivity index (χ3v) is 4.20. The van der Waals surface area contributed by atoms with E-state index in [4.69, 9.17) is 10.2 Å². The van der Waals surface area contributed by atoms with Crippen molar-refractivity contribution in [2.45, 2.75) is 0 Å². The minimum absolute atomic E-state index is 0. The smallest absolute Gasteiger partial charge is 0.508 e. The molecule has 0 unspecified atom stereocenters. The number of phenolic OH excluding ortho intramolecular Hbond substituents is 2. The van der Waals surface area contributed by atoms with Crippen LogP contribution in [0.5, 0.6) is 11.5 Å². The average Bonchev–Trinajstić information content (AvgIpc) is 3.39. The van der Waals surface area contributed by atoms with Crippen molar-refractivity contribution >= 4 is 45.2 Å². The Labute approximate surface area is 207 Å². The van der Waals surface area contributed by atoms with Gasteiger partial charge in [-0.3, -0.25) is 0 Å². The Bertz CT molecular complexity index is 620. The molecule has 0 bridgehead atoms. The minimum atomic E-state index is 0. The Kier molecular flexibility index (Phi) is 16.6. The van der Waals surface area contributed by atoms with Crippen LogP contribution in [0.2, 0.25) is 0 Å². The molecule has 0 atom stereocenters. The predicted molar refractivity (Wildman–Crippen MR) is 126 cm³/mol. The molecular weight excluding hydrogens is 641 g/mol. The zero-order valence-corrected chi connectivity index (χ0v) is 21.3. The Morgan fingerprint density at radius 2 is 0.778 bits per heavy atom. The topological polar surface area (TPSA) is 40.5 Å². The van der Waals surface area contributed by atoms with Crippen LogP contribution < -0.4 is 0 Å². The summed E-state index contributed by atoms with van der Waals surface area (Å²) >= 11 is 4.37. The van der Waals surface area contributed by atoms with E-state index < -0.39 is 0 Å². The van der Waals surface area contributed by atoms with Gasteiger partial charge in [0.05, 0.1) is 0 Å². The van der Waals surface area contributed by atoms with Gasteiger partial charge in [0.25, 0.3) is 0 Å². The van der Waals surface area contributed by atoms with Crippen LogP contribution in [0.15, 0.2) is 109 Å². The molecule has 0 saturated heterocycles. The van der Waals surface area contributed by atoms with Crippen molar-refractivity contribution in [2.75, 3.05) is 0 Å². The first-order valence-electron chi connectivity index (χ1n) is 7.80. The van der Waals surface area contributed by atoms with Crippen LogP contribution in [0, 0.1) is 7.14 Å². The maximum atomic E-state index is 8.75. The molecule has 138 valence electrons. The summed E-state index contributed by atoms with van der Waals surface area (Å²) in [5, 5.41) is 17.5. The van der Waals surface area contributed by atoms with E-state index in [0.717, 1.165) is 7.14 Å². The van der Waals surface area contributed by atoms with Crippen LogP contribution in [0.25, 0.3) is 0 Å². The zero-order chi connectivity index (χ0) is 19.0. The fraction of sp³-hybridized carbons (Fsp3) is 0. The molecule has 0 fully saturated rings. The summed E-state index contributed by atoms with van der Waals surface area (Å²) in [6.07, 6.45) is 0. The quantitative estimate of drug-likeness (QED) is 0.161. The number of aromatic hydroxyl groups is 2. The fourth-order valence-corrected chi connectivity index (χ4v) is 2.24. The van der Waals surface area contributed by atoms with Gasteiger partial charge in [0.2, 0.25) is 0 Å². The molecule has 5 heteroatoms. The van der Waals surface area contributed by atoms with E-state index in [2.05, 4.69) is 45.2 Å². The van der Waals surface area contributed by atoms with Crippen LogP contribution >= 0.6 is 45.2 Å². The second-order valence-electron chi connectivity index (χ2n) is 4.88. The van der Waals surface area contributed by atoms with Gasteiger partial charge in [-0.2, -0.15) is 36.4 Å². The van der Waals surface area contributed by atoms with E-state index in [0.29, 0.717) is 11.5 Å². The van der Waals surface area contributed by atoms with Gasteiger partial charge in [0.15, 0.2) is 0 Å². The van der Waals surface area contributed by atoms with Crippen LogP contribution in [0.4, 0.5) is 0 Å². The third-order valence-electron chi connectivity index (χ3n) is 2.76. The van der Waals surface area contributed by atoms with Gasteiger partial charge in [-0.25, -0.2) is 24.3 Å². The molecule has 0 aliphatic carbocycles. The van der Waals surface area contributed by atoms with Crippen molar-refractivity contribution < 1.29 is 36.4 Å². The van der Waals surface area contributed by atoms with Crippen LogP contribution in [0.3, 0.4) is 0 Å². The van der Waals surface area contributed by atoms with Gasteiger partial charge in [-0.1, -0.05) is 0 Å². The summed E-state index contributed by atoms with van der Waals surface area (Å²) in [6, 6.07) is 34.1. The van der Waals surface area contributed by atoms with E-state index >= 15 is 0 Å². The maximum Gasteiger partial charge on any atom is 2.00 e. The third kappa shape index (κ3) is 15.8. The number of hydrogen-bond donors (Lipinski definition) is 2. The first-order valence-corrected chi connectivity index (χ1v) is 9.96. The molecular formula is C22H20I2O2Zr. The maximum absolute atomic E-state index is 8.75. The van der Waals surface area contributed by atoms with Crippen LogP contribution in [-0.4, -0.2) is 10.2 Å². The normalized spacial score (nSPS) is 8.37. The van der Waals surface area contributed by atoms with Gasteiger partial charge >= 0.3 is 26.2 Å². The van der Waals surface area contributed by atoms with Crippen LogP contribution in [-0.2, 0) is 26.2 Å². The standard InChI is InChI=1S/2C6H5IO.2C5H5.Zr/c2*7-5-1-3-6(8)4-2-5;2*1-2-4-5-3-1;/h2*1-4,8H;2*1-5H;/q;;2*-1;+2. The predicted octanol–water partition coefficient (Wildman–Crippen LogP) is 6.80. The zero-order valence-electron chi connectivity index (χ0n) is 14.5. The van der Waals surface area contributed by atoms with Crippen molar-refractivity contribution in [3.63, 3.8) is 0 Å². The number of benzene rings is 2.